The Balaban J connectivity index is 1.98. The van der Waals surface area contributed by atoms with Crippen molar-refractivity contribution in [2.75, 3.05) is 17.6 Å². The molecule has 0 aliphatic carbocycles. The number of hydrogen-bond donors (Lipinski definition) is 2. The lowest BCUT2D eigenvalue weighted by molar-refractivity contribution is 0.810. The van der Waals surface area contributed by atoms with Crippen LogP contribution in [0.15, 0.2) is 41.3 Å². The molecule has 0 radical (unpaired) electrons. The highest BCUT2D eigenvalue weighted by Gasteiger charge is 2.12. The molecule has 0 fully saturated rings. The molecule has 0 bridgehead atoms. The predicted octanol–water partition coefficient (Wildman–Crippen LogP) is 2.11. The second kappa shape index (κ2) is 6.46. The van der Waals surface area contributed by atoms with Gasteiger partial charge in [0, 0.05) is 18.0 Å². The Kier molecular flexibility index (Phi) is 4.21. The first-order valence-electron chi connectivity index (χ1n) is 6.66. The van der Waals surface area contributed by atoms with Gasteiger partial charge in [-0.2, -0.15) is 15.1 Å². The Labute approximate surface area is 141 Å². The van der Waals surface area contributed by atoms with Crippen LogP contribution in [0.3, 0.4) is 0 Å². The van der Waals surface area contributed by atoms with Crippen molar-refractivity contribution in [1.29, 1.82) is 0 Å². The summed E-state index contributed by atoms with van der Waals surface area (Å²) < 4.78 is 2.10. The third-order valence-corrected chi connectivity index (χ3v) is 3.75. The minimum Gasteiger partial charge on any atom is -0.383 e. The van der Waals surface area contributed by atoms with Crippen LogP contribution < -0.4 is 11.1 Å². The number of nitrogen functional groups attached to an aromatic ring is 1. The van der Waals surface area contributed by atoms with Crippen molar-refractivity contribution in [1.82, 2.24) is 24.7 Å². The third kappa shape index (κ3) is 3.14. The number of aromatic nitrogens is 5. The zero-order chi connectivity index (χ0) is 16.2. The van der Waals surface area contributed by atoms with Gasteiger partial charge in [-0.1, -0.05) is 12.0 Å². The number of halogens is 1. The first kappa shape index (κ1) is 15.0. The average Bonchev–Trinajstić information content (AvgIpc) is 3.07. The van der Waals surface area contributed by atoms with Gasteiger partial charge in [0.25, 0.3) is 5.95 Å². The van der Waals surface area contributed by atoms with Gasteiger partial charge in [0.05, 0.1) is 18.4 Å². The summed E-state index contributed by atoms with van der Waals surface area (Å²) in [6.45, 7) is 0.326. The number of pyridine rings is 1. The van der Waals surface area contributed by atoms with E-state index >= 15 is 0 Å². The van der Waals surface area contributed by atoms with Crippen molar-refractivity contribution < 1.29 is 0 Å². The quantitative estimate of drug-likeness (QED) is 0.684. The van der Waals surface area contributed by atoms with E-state index < -0.39 is 0 Å². The molecule has 23 heavy (non-hydrogen) atoms. The summed E-state index contributed by atoms with van der Waals surface area (Å²) in [6.07, 6.45) is 10.5. The fourth-order valence-corrected chi connectivity index (χ4v) is 2.22. The van der Waals surface area contributed by atoms with Crippen molar-refractivity contribution in [3.8, 4) is 29.5 Å². The van der Waals surface area contributed by atoms with Crippen LogP contribution in [0.5, 0.6) is 0 Å². The lowest BCUT2D eigenvalue weighted by atomic mass is 10.2. The number of hydrogen-bond acceptors (Lipinski definition) is 6. The van der Waals surface area contributed by atoms with Gasteiger partial charge in [0.2, 0.25) is 0 Å². The lowest BCUT2D eigenvalue weighted by Gasteiger charge is -2.09. The van der Waals surface area contributed by atoms with E-state index in [2.05, 4.69) is 47.2 Å². The van der Waals surface area contributed by atoms with Crippen molar-refractivity contribution in [2.45, 2.75) is 0 Å². The molecule has 3 heterocycles. The molecule has 3 rings (SSSR count). The molecule has 0 aromatic carbocycles. The summed E-state index contributed by atoms with van der Waals surface area (Å²) in [5.41, 5.74) is 7.58. The Hall–Kier alpha value is -2.92. The van der Waals surface area contributed by atoms with Crippen molar-refractivity contribution in [2.24, 2.45) is 0 Å². The Morgan fingerprint density at radius 2 is 2.22 bits per heavy atom. The number of nitrogens with two attached hydrogens (primary N) is 1. The van der Waals surface area contributed by atoms with Crippen LogP contribution in [-0.2, 0) is 0 Å². The zero-order valence-electron chi connectivity index (χ0n) is 11.9. The van der Waals surface area contributed by atoms with Crippen LogP contribution in [0.2, 0.25) is 0 Å². The molecular formula is C15H12BrN7. The molecule has 0 unspecified atom stereocenters. The number of terminal acetylenes is 1. The van der Waals surface area contributed by atoms with Gasteiger partial charge in [0.15, 0.2) is 0 Å². The van der Waals surface area contributed by atoms with Crippen molar-refractivity contribution in [3.63, 3.8) is 0 Å². The summed E-state index contributed by atoms with van der Waals surface area (Å²) in [6, 6.07) is 5.67. The van der Waals surface area contributed by atoms with E-state index in [0.717, 1.165) is 11.3 Å². The topological polar surface area (TPSA) is 94.5 Å². The first-order valence-corrected chi connectivity index (χ1v) is 7.45. The molecule has 3 aromatic rings. The van der Waals surface area contributed by atoms with Gasteiger partial charge < -0.3 is 11.1 Å². The van der Waals surface area contributed by atoms with Crippen LogP contribution in [0.4, 0.5) is 11.6 Å². The van der Waals surface area contributed by atoms with Gasteiger partial charge in [0.1, 0.15) is 16.1 Å². The Bertz CT molecular complexity index is 867. The number of rotatable bonds is 4. The highest BCUT2D eigenvalue weighted by Crippen LogP contribution is 2.26. The largest absolute Gasteiger partial charge is 0.383 e. The molecule has 0 amide bonds. The fourth-order valence-electron chi connectivity index (χ4n) is 1.90. The molecule has 3 aromatic heterocycles. The maximum Gasteiger partial charge on any atom is 0.254 e. The van der Waals surface area contributed by atoms with E-state index in [-0.39, 0.29) is 0 Å². The molecule has 0 aliphatic heterocycles. The molecule has 0 saturated heterocycles. The molecular weight excluding hydrogens is 358 g/mol. The van der Waals surface area contributed by atoms with Gasteiger partial charge in [-0.25, -0.2) is 4.68 Å². The monoisotopic (exact) mass is 369 g/mol. The maximum absolute atomic E-state index is 5.91. The predicted molar refractivity (Wildman–Crippen MR) is 91.8 cm³/mol. The van der Waals surface area contributed by atoms with Crippen LogP contribution in [0, 0.1) is 12.3 Å². The SMILES string of the molecule is C#CCNc1nc(-n2cc(-c3ccccn3)cn2)nc(N)c1Br. The maximum atomic E-state index is 5.91. The van der Waals surface area contributed by atoms with Crippen LogP contribution in [0.25, 0.3) is 17.2 Å². The summed E-state index contributed by atoms with van der Waals surface area (Å²) in [4.78, 5) is 12.9. The minimum atomic E-state index is 0.296. The number of nitrogens with zero attached hydrogens (tertiary/aromatic N) is 5. The molecule has 0 saturated carbocycles. The fraction of sp³-hybridized carbons (Fsp3) is 0.0667. The Morgan fingerprint density at radius 1 is 1.35 bits per heavy atom. The van der Waals surface area contributed by atoms with Gasteiger partial charge in [-0.15, -0.1) is 6.42 Å². The highest BCUT2D eigenvalue weighted by atomic mass is 79.9. The van der Waals surface area contributed by atoms with E-state index in [4.69, 9.17) is 12.2 Å². The average molecular weight is 370 g/mol. The zero-order valence-corrected chi connectivity index (χ0v) is 13.5. The summed E-state index contributed by atoms with van der Waals surface area (Å²) in [7, 11) is 0. The van der Waals surface area contributed by atoms with Crippen LogP contribution >= 0.6 is 15.9 Å². The third-order valence-electron chi connectivity index (χ3n) is 2.97. The lowest BCUT2D eigenvalue weighted by Crippen LogP contribution is -2.10. The van der Waals surface area contributed by atoms with E-state index in [1.54, 1.807) is 18.6 Å². The minimum absolute atomic E-state index is 0.296. The van der Waals surface area contributed by atoms with Gasteiger partial charge in [-0.05, 0) is 28.1 Å². The number of anilines is 2. The first-order chi connectivity index (χ1) is 11.2. The second-order valence-electron chi connectivity index (χ2n) is 4.52. The molecule has 114 valence electrons. The normalized spacial score (nSPS) is 10.3. The summed E-state index contributed by atoms with van der Waals surface area (Å²) >= 11 is 3.34. The molecule has 3 N–H and O–H groups in total. The molecule has 0 spiro atoms. The van der Waals surface area contributed by atoms with E-state index in [0.29, 0.717) is 28.6 Å². The smallest absolute Gasteiger partial charge is 0.254 e. The van der Waals surface area contributed by atoms with Crippen molar-refractivity contribution >= 4 is 27.6 Å². The van der Waals surface area contributed by atoms with Gasteiger partial charge in [-0.3, -0.25) is 4.98 Å². The summed E-state index contributed by atoms with van der Waals surface area (Å²) in [5.74, 6) is 3.63. The van der Waals surface area contributed by atoms with Crippen LogP contribution in [-0.4, -0.2) is 31.3 Å². The molecule has 0 aliphatic rings. The van der Waals surface area contributed by atoms with Crippen molar-refractivity contribution in [3.05, 3.63) is 41.3 Å². The Morgan fingerprint density at radius 3 is 2.96 bits per heavy atom. The summed E-state index contributed by atoms with van der Waals surface area (Å²) in [5, 5.41) is 7.25. The standard InChI is InChI=1S/C15H12BrN7/c1-2-6-19-14-12(16)13(17)21-15(22-14)23-9-10(8-20-23)11-5-3-4-7-18-11/h1,3-5,7-9H,6H2,(H3,17,19,21,22). The second-order valence-corrected chi connectivity index (χ2v) is 5.31. The van der Waals surface area contributed by atoms with Crippen LogP contribution in [0.1, 0.15) is 0 Å². The van der Waals surface area contributed by atoms with E-state index in [1.165, 1.54) is 4.68 Å². The highest BCUT2D eigenvalue weighted by molar-refractivity contribution is 9.10. The van der Waals surface area contributed by atoms with E-state index in [1.807, 2.05) is 18.2 Å². The molecule has 0 atom stereocenters. The molecule has 8 heteroatoms. The molecule has 7 nitrogen and oxygen atoms in total. The van der Waals surface area contributed by atoms with Gasteiger partial charge >= 0.3 is 0 Å². The number of nitrogens with one attached hydrogen (secondary N) is 1. The van der Waals surface area contributed by atoms with E-state index in [9.17, 15) is 0 Å².